The van der Waals surface area contributed by atoms with Gasteiger partial charge in [-0.15, -0.1) is 22.7 Å². The van der Waals surface area contributed by atoms with Crippen LogP contribution < -0.4 is 5.56 Å². The van der Waals surface area contributed by atoms with E-state index in [1.165, 1.54) is 22.7 Å². The lowest BCUT2D eigenvalue weighted by Crippen LogP contribution is -2.29. The Kier molecular flexibility index (Phi) is 5.32. The van der Waals surface area contributed by atoms with Gasteiger partial charge in [-0.2, -0.15) is 0 Å². The van der Waals surface area contributed by atoms with Crippen molar-refractivity contribution in [3.05, 3.63) is 78.2 Å². The molecule has 1 aromatic carbocycles. The molecule has 0 spiro atoms. The second-order valence-electron chi connectivity index (χ2n) is 7.38. The highest BCUT2D eigenvalue weighted by atomic mass is 32.2. The van der Waals surface area contributed by atoms with Crippen LogP contribution in [0.25, 0.3) is 27.4 Å². The fourth-order valence-corrected chi connectivity index (χ4v) is 6.22. The second kappa shape index (κ2) is 8.16. The maximum atomic E-state index is 13.0. The van der Waals surface area contributed by atoms with Crippen LogP contribution in [-0.4, -0.2) is 26.0 Å². The van der Waals surface area contributed by atoms with Gasteiger partial charge in [-0.1, -0.05) is 35.9 Å². The normalized spacial score (nSPS) is 15.4. The summed E-state index contributed by atoms with van der Waals surface area (Å²) in [6.07, 6.45) is 1.71. The number of aryl methyl sites for hydroxylation is 2. The Balaban J connectivity index is 1.48. The summed E-state index contributed by atoms with van der Waals surface area (Å²) in [5.74, 6) is -0.0854. The van der Waals surface area contributed by atoms with E-state index in [4.69, 9.17) is 0 Å². The van der Waals surface area contributed by atoms with E-state index in [2.05, 4.69) is 9.97 Å². The van der Waals surface area contributed by atoms with Crippen LogP contribution in [0.5, 0.6) is 0 Å². The summed E-state index contributed by atoms with van der Waals surface area (Å²) in [4.78, 5) is 49.6. The standard InChI is InChI=1S/C23H17N3O3S3/c1-12-5-7-14(8-6-12)18-13(2)31-21-19(18)20(27)24-17(25-21)11-26-22(28)16(32-23(26)29)10-15-4-3-9-30-15/h3-10H,11H2,1-2H3,(H,24,25,27)/b16-10-. The number of carbonyl (C=O) groups excluding carboxylic acids is 2. The minimum atomic E-state index is -0.376. The number of rotatable bonds is 4. The number of hydrogen-bond donors (Lipinski definition) is 1. The first-order valence-corrected chi connectivity index (χ1v) is 12.3. The van der Waals surface area contributed by atoms with Crippen molar-refractivity contribution in [2.75, 3.05) is 0 Å². The summed E-state index contributed by atoms with van der Waals surface area (Å²) in [6, 6.07) is 11.8. The molecule has 0 atom stereocenters. The molecule has 1 aliphatic heterocycles. The Morgan fingerprint density at radius 1 is 1.09 bits per heavy atom. The molecule has 6 nitrogen and oxygen atoms in total. The number of thiophene rings is 2. The Hall–Kier alpha value is -3.01. The third-order valence-electron chi connectivity index (χ3n) is 5.13. The van der Waals surface area contributed by atoms with Crippen molar-refractivity contribution >= 4 is 61.9 Å². The van der Waals surface area contributed by atoms with E-state index in [-0.39, 0.29) is 23.3 Å². The summed E-state index contributed by atoms with van der Waals surface area (Å²) in [7, 11) is 0. The van der Waals surface area contributed by atoms with Crippen LogP contribution in [-0.2, 0) is 11.3 Å². The van der Waals surface area contributed by atoms with Gasteiger partial charge >= 0.3 is 0 Å². The molecule has 4 heterocycles. The third kappa shape index (κ3) is 3.72. The van der Waals surface area contributed by atoms with Crippen LogP contribution in [0.3, 0.4) is 0 Å². The van der Waals surface area contributed by atoms with Crippen molar-refractivity contribution in [2.24, 2.45) is 0 Å². The first-order valence-electron chi connectivity index (χ1n) is 9.79. The predicted molar refractivity (Wildman–Crippen MR) is 131 cm³/mol. The lowest BCUT2D eigenvalue weighted by Gasteiger charge is -2.11. The lowest BCUT2D eigenvalue weighted by molar-refractivity contribution is -0.123. The van der Waals surface area contributed by atoms with E-state index in [0.717, 1.165) is 43.1 Å². The highest BCUT2D eigenvalue weighted by Crippen LogP contribution is 2.36. The van der Waals surface area contributed by atoms with Crippen LogP contribution in [0.2, 0.25) is 0 Å². The molecule has 9 heteroatoms. The van der Waals surface area contributed by atoms with E-state index in [0.29, 0.717) is 20.9 Å². The largest absolute Gasteiger partial charge is 0.308 e. The van der Waals surface area contributed by atoms with Crippen molar-refractivity contribution in [1.29, 1.82) is 0 Å². The highest BCUT2D eigenvalue weighted by molar-refractivity contribution is 8.18. The minimum Gasteiger partial charge on any atom is -0.308 e. The van der Waals surface area contributed by atoms with Crippen LogP contribution in [0.4, 0.5) is 4.79 Å². The van der Waals surface area contributed by atoms with Crippen molar-refractivity contribution in [3.8, 4) is 11.1 Å². The zero-order chi connectivity index (χ0) is 22.4. The summed E-state index contributed by atoms with van der Waals surface area (Å²) >= 11 is 3.83. The maximum absolute atomic E-state index is 13.0. The van der Waals surface area contributed by atoms with Crippen LogP contribution >= 0.6 is 34.4 Å². The molecule has 1 saturated heterocycles. The molecule has 0 aliphatic carbocycles. The zero-order valence-electron chi connectivity index (χ0n) is 17.2. The number of fused-ring (bicyclic) bond motifs is 1. The average Bonchev–Trinajstić information content (AvgIpc) is 3.44. The number of nitrogens with one attached hydrogen (secondary N) is 1. The zero-order valence-corrected chi connectivity index (χ0v) is 19.6. The molecule has 0 unspecified atom stereocenters. The SMILES string of the molecule is Cc1ccc(-c2c(C)sc3nc(CN4C(=O)S/C(=C\c5cccs5)C4=O)[nH]c(=O)c23)cc1. The summed E-state index contributed by atoms with van der Waals surface area (Å²) < 4.78 is 0. The van der Waals surface area contributed by atoms with Crippen molar-refractivity contribution in [1.82, 2.24) is 14.9 Å². The quantitative estimate of drug-likeness (QED) is 0.387. The molecule has 4 aromatic rings. The van der Waals surface area contributed by atoms with E-state index in [1.54, 1.807) is 6.08 Å². The van der Waals surface area contributed by atoms with E-state index in [9.17, 15) is 14.4 Å². The Bertz CT molecular complexity index is 1450. The number of aromatic nitrogens is 2. The molecule has 1 aliphatic rings. The van der Waals surface area contributed by atoms with Crippen LogP contribution in [0.1, 0.15) is 21.1 Å². The first-order chi connectivity index (χ1) is 15.4. The van der Waals surface area contributed by atoms with Gasteiger partial charge in [-0.3, -0.25) is 19.3 Å². The first kappa shape index (κ1) is 20.9. The molecule has 1 N–H and O–H groups in total. The summed E-state index contributed by atoms with van der Waals surface area (Å²) in [6.45, 7) is 3.91. The molecule has 2 amide bonds. The van der Waals surface area contributed by atoms with Crippen molar-refractivity contribution in [3.63, 3.8) is 0 Å². The van der Waals surface area contributed by atoms with Crippen LogP contribution in [0, 0.1) is 13.8 Å². The fraction of sp³-hybridized carbons (Fsp3) is 0.130. The van der Waals surface area contributed by atoms with Gasteiger partial charge in [0.25, 0.3) is 16.7 Å². The fourth-order valence-electron chi connectivity index (χ4n) is 3.59. The van der Waals surface area contributed by atoms with E-state index in [1.807, 2.05) is 55.6 Å². The number of nitrogens with zero attached hydrogens (tertiary/aromatic N) is 2. The molecule has 5 rings (SSSR count). The molecule has 1 fully saturated rings. The molecule has 32 heavy (non-hydrogen) atoms. The van der Waals surface area contributed by atoms with Gasteiger partial charge in [0, 0.05) is 15.3 Å². The van der Waals surface area contributed by atoms with Gasteiger partial charge in [0.2, 0.25) is 0 Å². The lowest BCUT2D eigenvalue weighted by atomic mass is 10.0. The molecule has 0 saturated carbocycles. The molecule has 0 bridgehead atoms. The summed E-state index contributed by atoms with van der Waals surface area (Å²) in [5.41, 5.74) is 2.70. The Labute approximate surface area is 195 Å². The van der Waals surface area contributed by atoms with Crippen molar-refractivity contribution < 1.29 is 9.59 Å². The third-order valence-corrected chi connectivity index (χ3v) is 7.85. The smallest absolute Gasteiger partial charge is 0.293 e. The number of amides is 2. The van der Waals surface area contributed by atoms with E-state index >= 15 is 0 Å². The Morgan fingerprint density at radius 2 is 1.88 bits per heavy atom. The van der Waals surface area contributed by atoms with E-state index < -0.39 is 0 Å². The molecular weight excluding hydrogens is 462 g/mol. The number of H-pyrrole nitrogens is 1. The topological polar surface area (TPSA) is 83.1 Å². The molecule has 0 radical (unpaired) electrons. The summed E-state index contributed by atoms with van der Waals surface area (Å²) in [5, 5.41) is 2.07. The van der Waals surface area contributed by atoms with Crippen LogP contribution in [0.15, 0.2) is 51.5 Å². The van der Waals surface area contributed by atoms with Gasteiger partial charge in [-0.25, -0.2) is 4.98 Å². The van der Waals surface area contributed by atoms with Gasteiger partial charge in [0.1, 0.15) is 10.7 Å². The monoisotopic (exact) mass is 479 g/mol. The number of hydrogen-bond acceptors (Lipinski definition) is 7. The number of thioether (sulfide) groups is 1. The number of aromatic amines is 1. The number of imide groups is 1. The van der Waals surface area contributed by atoms with Gasteiger partial charge in [0.05, 0.1) is 16.8 Å². The Morgan fingerprint density at radius 3 is 2.59 bits per heavy atom. The van der Waals surface area contributed by atoms with Gasteiger partial charge in [0.15, 0.2) is 0 Å². The van der Waals surface area contributed by atoms with Gasteiger partial charge < -0.3 is 4.98 Å². The molecule has 3 aromatic heterocycles. The van der Waals surface area contributed by atoms with Gasteiger partial charge in [-0.05, 0) is 48.7 Å². The predicted octanol–water partition coefficient (Wildman–Crippen LogP) is 5.57. The average molecular weight is 480 g/mol. The minimum absolute atomic E-state index is 0.0750. The molecular formula is C23H17N3O3S3. The second-order valence-corrected chi connectivity index (χ2v) is 10.6. The maximum Gasteiger partial charge on any atom is 0.293 e. The highest BCUT2D eigenvalue weighted by Gasteiger charge is 2.35. The molecule has 160 valence electrons. The number of benzene rings is 1. The number of carbonyl (C=O) groups is 2. The van der Waals surface area contributed by atoms with Crippen molar-refractivity contribution in [2.45, 2.75) is 20.4 Å².